The molecule has 0 atom stereocenters. The van der Waals surface area contributed by atoms with Gasteiger partial charge in [0.1, 0.15) is 17.6 Å². The lowest BCUT2D eigenvalue weighted by molar-refractivity contribution is -0.384. The molecule has 2 aromatic carbocycles. The number of benzene rings is 2. The van der Waals surface area contributed by atoms with E-state index in [1.165, 1.54) is 31.4 Å². The second kappa shape index (κ2) is 6.22. The summed E-state index contributed by atoms with van der Waals surface area (Å²) in [6, 6.07) is 13.7. The summed E-state index contributed by atoms with van der Waals surface area (Å²) in [5.74, 6) is 0.830. The van der Waals surface area contributed by atoms with Gasteiger partial charge in [-0.15, -0.1) is 0 Å². The van der Waals surface area contributed by atoms with Crippen molar-refractivity contribution >= 4 is 28.4 Å². The van der Waals surface area contributed by atoms with E-state index in [4.69, 9.17) is 4.74 Å². The van der Waals surface area contributed by atoms with E-state index in [0.29, 0.717) is 17.1 Å². The Bertz CT molecular complexity index is 965. The molecule has 0 radical (unpaired) electrons. The quantitative estimate of drug-likeness (QED) is 0.449. The monoisotopic (exact) mass is 320 g/mol. The number of rotatable bonds is 4. The smallest absolute Gasteiger partial charge is 0.270 e. The molecule has 0 saturated heterocycles. The van der Waals surface area contributed by atoms with Gasteiger partial charge in [0, 0.05) is 17.7 Å². The van der Waals surface area contributed by atoms with Crippen molar-refractivity contribution in [2.45, 2.75) is 0 Å². The van der Waals surface area contributed by atoms with Crippen molar-refractivity contribution < 1.29 is 9.66 Å². The minimum Gasteiger partial charge on any atom is -0.496 e. The molecule has 1 heterocycles. The number of H-pyrrole nitrogens is 1. The number of ether oxygens (including phenoxy) is 1. The number of imidazole rings is 1. The number of fused-ring (bicyclic) bond motifs is 1. The van der Waals surface area contributed by atoms with E-state index >= 15 is 0 Å². The van der Waals surface area contributed by atoms with E-state index in [9.17, 15) is 15.4 Å². The maximum Gasteiger partial charge on any atom is 0.270 e. The first-order valence-electron chi connectivity index (χ1n) is 7.01. The molecule has 1 aromatic heterocycles. The number of methoxy groups -OCH3 is 1. The van der Waals surface area contributed by atoms with Crippen molar-refractivity contribution in [1.82, 2.24) is 9.97 Å². The predicted octanol–water partition coefficient (Wildman–Crippen LogP) is 3.54. The Morgan fingerprint density at radius 1 is 1.38 bits per heavy atom. The highest BCUT2D eigenvalue weighted by molar-refractivity contribution is 5.91. The third-order valence-corrected chi connectivity index (χ3v) is 3.49. The number of aromatic nitrogens is 2. The molecule has 7 nitrogen and oxygen atoms in total. The van der Waals surface area contributed by atoms with Crippen molar-refractivity contribution in [1.29, 1.82) is 5.26 Å². The number of non-ortho nitro benzene ring substituents is 1. The Hall–Kier alpha value is -3.66. The number of allylic oxidation sites excluding steroid dienone is 1. The molecular formula is C17H12N4O3. The van der Waals surface area contributed by atoms with Gasteiger partial charge < -0.3 is 9.72 Å². The highest BCUT2D eigenvalue weighted by Crippen LogP contribution is 2.28. The molecule has 0 saturated carbocycles. The number of nitrogens with one attached hydrogen (secondary N) is 1. The molecule has 0 fully saturated rings. The van der Waals surface area contributed by atoms with Crippen molar-refractivity contribution in [2.24, 2.45) is 0 Å². The average Bonchev–Trinajstić information content (AvgIpc) is 3.03. The van der Waals surface area contributed by atoms with Crippen LogP contribution in [0.5, 0.6) is 5.75 Å². The van der Waals surface area contributed by atoms with Crippen LogP contribution in [0.15, 0.2) is 42.5 Å². The van der Waals surface area contributed by atoms with Crippen LogP contribution in [0.2, 0.25) is 0 Å². The lowest BCUT2D eigenvalue weighted by atomic mass is 10.1. The Balaban J connectivity index is 2.12. The Labute approximate surface area is 137 Å². The van der Waals surface area contributed by atoms with Crippen LogP contribution in [0.3, 0.4) is 0 Å². The fourth-order valence-corrected chi connectivity index (χ4v) is 2.34. The zero-order valence-electron chi connectivity index (χ0n) is 12.7. The Morgan fingerprint density at radius 3 is 2.83 bits per heavy atom. The molecule has 0 aliphatic carbocycles. The van der Waals surface area contributed by atoms with Crippen LogP contribution >= 0.6 is 0 Å². The number of nitro benzene ring substituents is 1. The van der Waals surface area contributed by atoms with E-state index in [1.54, 1.807) is 0 Å². The minimum absolute atomic E-state index is 0.0797. The average molecular weight is 320 g/mol. The molecule has 118 valence electrons. The van der Waals surface area contributed by atoms with Crippen LogP contribution in [0.1, 0.15) is 11.4 Å². The van der Waals surface area contributed by atoms with E-state index in [0.717, 1.165) is 11.0 Å². The first-order chi connectivity index (χ1) is 11.6. The standard InChI is InChI=1S/C17H12N4O3/c1-24-16-7-6-13(21(22)23)9-11(16)8-12(10-18)17-19-14-4-2-3-5-15(14)20-17/h2-9H,1H3,(H,19,20). The van der Waals surface area contributed by atoms with Crippen molar-refractivity contribution in [3.05, 3.63) is 64.0 Å². The topological polar surface area (TPSA) is 105 Å². The maximum absolute atomic E-state index is 11.0. The van der Waals surface area contributed by atoms with Crippen LogP contribution in [0.4, 0.5) is 5.69 Å². The molecule has 3 rings (SSSR count). The third kappa shape index (κ3) is 2.80. The normalized spacial score (nSPS) is 11.2. The van der Waals surface area contributed by atoms with Crippen molar-refractivity contribution in [3.63, 3.8) is 0 Å². The number of hydrogen-bond acceptors (Lipinski definition) is 5. The summed E-state index contributed by atoms with van der Waals surface area (Å²) in [5, 5.41) is 20.4. The van der Waals surface area contributed by atoms with Crippen LogP contribution in [0.25, 0.3) is 22.7 Å². The molecule has 0 bridgehead atoms. The Kier molecular flexibility index (Phi) is 3.95. The van der Waals surface area contributed by atoms with Gasteiger partial charge in [0.05, 0.1) is 28.6 Å². The van der Waals surface area contributed by atoms with Crippen molar-refractivity contribution in [3.8, 4) is 11.8 Å². The van der Waals surface area contributed by atoms with Crippen molar-refractivity contribution in [2.75, 3.05) is 7.11 Å². The third-order valence-electron chi connectivity index (χ3n) is 3.49. The summed E-state index contributed by atoms with van der Waals surface area (Å²) in [6.45, 7) is 0. The molecule has 24 heavy (non-hydrogen) atoms. The Morgan fingerprint density at radius 2 is 2.17 bits per heavy atom. The van der Waals surface area contributed by atoms with Gasteiger partial charge in [0.2, 0.25) is 0 Å². The fourth-order valence-electron chi connectivity index (χ4n) is 2.34. The minimum atomic E-state index is -0.496. The maximum atomic E-state index is 11.0. The van der Waals surface area contributed by atoms with E-state index in [1.807, 2.05) is 24.3 Å². The van der Waals surface area contributed by atoms with E-state index in [-0.39, 0.29) is 11.3 Å². The lowest BCUT2D eigenvalue weighted by Crippen LogP contribution is -1.93. The second-order valence-corrected chi connectivity index (χ2v) is 4.96. The van der Waals surface area contributed by atoms with Gasteiger partial charge in [-0.1, -0.05) is 12.1 Å². The highest BCUT2D eigenvalue weighted by Gasteiger charge is 2.13. The number of para-hydroxylation sites is 2. The fraction of sp³-hybridized carbons (Fsp3) is 0.0588. The molecular weight excluding hydrogens is 308 g/mol. The zero-order valence-corrected chi connectivity index (χ0v) is 12.7. The summed E-state index contributed by atoms with van der Waals surface area (Å²) < 4.78 is 5.21. The predicted molar refractivity (Wildman–Crippen MR) is 89.2 cm³/mol. The van der Waals surface area contributed by atoms with E-state index < -0.39 is 4.92 Å². The van der Waals surface area contributed by atoms with Gasteiger partial charge >= 0.3 is 0 Å². The van der Waals surface area contributed by atoms with Gasteiger partial charge in [-0.25, -0.2) is 4.98 Å². The second-order valence-electron chi connectivity index (χ2n) is 4.96. The summed E-state index contributed by atoms with van der Waals surface area (Å²) in [7, 11) is 1.46. The molecule has 0 spiro atoms. The van der Waals surface area contributed by atoms with Gasteiger partial charge in [-0.2, -0.15) is 5.26 Å². The number of nitro groups is 1. The van der Waals surface area contributed by atoms with Gasteiger partial charge in [-0.3, -0.25) is 10.1 Å². The lowest BCUT2D eigenvalue weighted by Gasteiger charge is -2.04. The molecule has 0 amide bonds. The molecule has 0 aliphatic heterocycles. The van der Waals surface area contributed by atoms with Gasteiger partial charge in [0.15, 0.2) is 0 Å². The summed E-state index contributed by atoms with van der Waals surface area (Å²) in [6.07, 6.45) is 1.52. The number of nitrogens with zero attached hydrogens (tertiary/aromatic N) is 3. The van der Waals surface area contributed by atoms with E-state index in [2.05, 4.69) is 16.0 Å². The molecule has 0 aliphatic rings. The molecule has 1 N–H and O–H groups in total. The molecule has 3 aromatic rings. The zero-order chi connectivity index (χ0) is 17.1. The summed E-state index contributed by atoms with van der Waals surface area (Å²) in [5.41, 5.74) is 2.15. The highest BCUT2D eigenvalue weighted by atomic mass is 16.6. The van der Waals surface area contributed by atoms with Gasteiger partial charge in [0.25, 0.3) is 5.69 Å². The number of hydrogen-bond donors (Lipinski definition) is 1. The van der Waals surface area contributed by atoms with Gasteiger partial charge in [-0.05, 0) is 24.3 Å². The van der Waals surface area contributed by atoms with Crippen LogP contribution in [0, 0.1) is 21.4 Å². The summed E-state index contributed by atoms with van der Waals surface area (Å²) >= 11 is 0. The molecule has 7 heteroatoms. The number of nitriles is 1. The molecule has 0 unspecified atom stereocenters. The number of aromatic amines is 1. The van der Waals surface area contributed by atoms with Crippen LogP contribution < -0.4 is 4.74 Å². The first kappa shape index (κ1) is 15.2. The summed E-state index contributed by atoms with van der Waals surface area (Å²) in [4.78, 5) is 17.9. The SMILES string of the molecule is COc1ccc([N+](=O)[O-])cc1C=C(C#N)c1nc2ccccc2[nH]1. The first-order valence-corrected chi connectivity index (χ1v) is 7.01. The largest absolute Gasteiger partial charge is 0.496 e. The van der Waals surface area contributed by atoms with Crippen LogP contribution in [-0.2, 0) is 0 Å². The van der Waals surface area contributed by atoms with Crippen LogP contribution in [-0.4, -0.2) is 22.0 Å².